The number of aromatic nitrogens is 2. The number of unbranched alkanes of at least 4 members (excludes halogenated alkanes) is 1. The average Bonchev–Trinajstić information content (AvgIpc) is 3.28. The van der Waals surface area contributed by atoms with Crippen LogP contribution in [-0.2, 0) is 16.1 Å². The maximum absolute atomic E-state index is 13.0. The number of nitrogen functional groups attached to an aromatic ring is 1. The number of H-pyrrole nitrogens is 1. The molecule has 11 heteroatoms. The Morgan fingerprint density at radius 1 is 1.17 bits per heavy atom. The molecule has 2 aromatic rings. The summed E-state index contributed by atoms with van der Waals surface area (Å²) in [5.74, 6) is -1.37. The monoisotopic (exact) mass is 484 g/mol. The van der Waals surface area contributed by atoms with E-state index in [0.717, 1.165) is 30.8 Å². The Morgan fingerprint density at radius 2 is 1.89 bits per heavy atom. The van der Waals surface area contributed by atoms with Gasteiger partial charge < -0.3 is 15.4 Å². The van der Waals surface area contributed by atoms with Crippen LogP contribution < -0.4 is 26.9 Å². The summed E-state index contributed by atoms with van der Waals surface area (Å²) in [6, 6.07) is 6.77. The second-order valence-corrected chi connectivity index (χ2v) is 8.38. The van der Waals surface area contributed by atoms with Crippen molar-refractivity contribution in [2.24, 2.45) is 5.10 Å². The van der Waals surface area contributed by atoms with Gasteiger partial charge in [0.25, 0.3) is 11.5 Å². The van der Waals surface area contributed by atoms with E-state index in [-0.39, 0.29) is 30.2 Å². The number of rotatable bonds is 10. The predicted octanol–water partition coefficient (Wildman–Crippen LogP) is 2.10. The number of carbonyl (C=O) groups excluding carboxylic acids is 2. The average molecular weight is 485 g/mol. The van der Waals surface area contributed by atoms with Gasteiger partial charge in [0.1, 0.15) is 5.82 Å². The van der Waals surface area contributed by atoms with Crippen LogP contribution in [-0.4, -0.2) is 46.8 Å². The van der Waals surface area contributed by atoms with Crippen molar-refractivity contribution in [1.82, 2.24) is 9.55 Å². The molecular weight excluding hydrogens is 452 g/mol. The largest absolute Gasteiger partial charge is 0.452 e. The molecule has 3 rings (SSSR count). The summed E-state index contributed by atoms with van der Waals surface area (Å²) < 4.78 is 6.47. The number of nitrogens with two attached hydrogens (primary N) is 1. The fraction of sp³-hybridized carbons (Fsp3) is 0.458. The van der Waals surface area contributed by atoms with Crippen molar-refractivity contribution in [3.63, 3.8) is 0 Å². The van der Waals surface area contributed by atoms with Gasteiger partial charge in [-0.15, -0.1) is 0 Å². The summed E-state index contributed by atoms with van der Waals surface area (Å²) in [6.07, 6.45) is 2.84. The molecule has 0 radical (unpaired) electrons. The molecular formula is C24H32N6O5. The van der Waals surface area contributed by atoms with Crippen molar-refractivity contribution in [2.75, 3.05) is 35.3 Å². The minimum atomic E-state index is -0.758. The third-order valence-electron chi connectivity index (χ3n) is 5.67. The van der Waals surface area contributed by atoms with E-state index in [2.05, 4.69) is 10.1 Å². The summed E-state index contributed by atoms with van der Waals surface area (Å²) in [6.45, 7) is 6.45. The second-order valence-electron chi connectivity index (χ2n) is 8.38. The summed E-state index contributed by atoms with van der Waals surface area (Å²) in [5, 5.41) is 6.29. The predicted molar refractivity (Wildman–Crippen MR) is 135 cm³/mol. The van der Waals surface area contributed by atoms with E-state index in [0.29, 0.717) is 12.8 Å². The molecule has 2 heterocycles. The van der Waals surface area contributed by atoms with E-state index in [1.165, 1.54) is 9.47 Å². The molecule has 0 bridgehead atoms. The SMILES string of the molecule is CCCCN(C(=O)COC(=O)c1ccc(N2CCC(C)=N2)cc1)c1c(N)n(CCC)c(=O)[nH]c1=O. The number of carbonyl (C=O) groups is 2. The highest BCUT2D eigenvalue weighted by Crippen LogP contribution is 2.21. The van der Waals surface area contributed by atoms with E-state index < -0.39 is 29.7 Å². The first-order valence-electron chi connectivity index (χ1n) is 11.8. The van der Waals surface area contributed by atoms with Gasteiger partial charge in [-0.2, -0.15) is 5.10 Å². The zero-order valence-electron chi connectivity index (χ0n) is 20.4. The van der Waals surface area contributed by atoms with E-state index in [1.807, 2.05) is 25.8 Å². The fourth-order valence-electron chi connectivity index (χ4n) is 3.78. The third kappa shape index (κ3) is 5.97. The van der Waals surface area contributed by atoms with Gasteiger partial charge in [0.2, 0.25) is 0 Å². The zero-order valence-corrected chi connectivity index (χ0v) is 20.4. The maximum Gasteiger partial charge on any atom is 0.338 e. The molecule has 35 heavy (non-hydrogen) atoms. The van der Waals surface area contributed by atoms with Crippen molar-refractivity contribution in [3.8, 4) is 0 Å². The highest BCUT2D eigenvalue weighted by Gasteiger charge is 2.25. The van der Waals surface area contributed by atoms with Crippen LogP contribution in [0.1, 0.15) is 56.8 Å². The smallest absolute Gasteiger partial charge is 0.338 e. The molecule has 0 spiro atoms. The van der Waals surface area contributed by atoms with Crippen LogP contribution in [0.15, 0.2) is 39.0 Å². The van der Waals surface area contributed by atoms with E-state index >= 15 is 0 Å². The number of esters is 1. The van der Waals surface area contributed by atoms with Gasteiger partial charge in [-0.3, -0.25) is 24.1 Å². The van der Waals surface area contributed by atoms with Gasteiger partial charge in [0.05, 0.1) is 11.3 Å². The van der Waals surface area contributed by atoms with E-state index in [4.69, 9.17) is 10.5 Å². The van der Waals surface area contributed by atoms with Gasteiger partial charge in [-0.05, 0) is 44.0 Å². The lowest BCUT2D eigenvalue weighted by molar-refractivity contribution is -0.121. The minimum Gasteiger partial charge on any atom is -0.452 e. The molecule has 1 aliphatic rings. The van der Waals surface area contributed by atoms with Crippen LogP contribution in [0.25, 0.3) is 0 Å². The molecule has 11 nitrogen and oxygen atoms in total. The summed E-state index contributed by atoms with van der Waals surface area (Å²) in [7, 11) is 0. The number of aromatic amines is 1. The van der Waals surface area contributed by atoms with Crippen molar-refractivity contribution < 1.29 is 14.3 Å². The molecule has 1 aliphatic heterocycles. The molecule has 0 saturated heterocycles. The Kier molecular flexibility index (Phi) is 8.45. The summed E-state index contributed by atoms with van der Waals surface area (Å²) >= 11 is 0. The Hall–Kier alpha value is -3.89. The van der Waals surface area contributed by atoms with Crippen molar-refractivity contribution >= 4 is 34.8 Å². The number of anilines is 3. The summed E-state index contributed by atoms with van der Waals surface area (Å²) in [5.41, 5.74) is 6.82. The van der Waals surface area contributed by atoms with Gasteiger partial charge in [0.15, 0.2) is 12.3 Å². The van der Waals surface area contributed by atoms with Crippen LogP contribution in [0.4, 0.5) is 17.2 Å². The number of hydrogen-bond donors (Lipinski definition) is 2. The Labute approximate surface area is 203 Å². The maximum atomic E-state index is 13.0. The van der Waals surface area contributed by atoms with Gasteiger partial charge in [0, 0.05) is 31.8 Å². The number of hydrazone groups is 1. The first-order valence-corrected chi connectivity index (χ1v) is 11.8. The van der Waals surface area contributed by atoms with Gasteiger partial charge >= 0.3 is 11.7 Å². The highest BCUT2D eigenvalue weighted by atomic mass is 16.5. The number of nitrogens with zero attached hydrogens (tertiary/aromatic N) is 4. The van der Waals surface area contributed by atoms with Crippen LogP contribution in [0.2, 0.25) is 0 Å². The summed E-state index contributed by atoms with van der Waals surface area (Å²) in [4.78, 5) is 53.7. The molecule has 1 amide bonds. The number of amides is 1. The lowest BCUT2D eigenvalue weighted by atomic mass is 10.2. The van der Waals surface area contributed by atoms with Crippen molar-refractivity contribution in [1.29, 1.82) is 0 Å². The molecule has 3 N–H and O–H groups in total. The standard InChI is InChI=1S/C24H32N6O5/c1-4-6-13-28(20-21(25)29(12-5-2)24(34)26-22(20)32)19(31)15-35-23(33)17-7-9-18(10-8-17)30-14-11-16(3)27-30/h7-10H,4-6,11-15,25H2,1-3H3,(H,26,32,34). The van der Waals surface area contributed by atoms with Crippen LogP contribution in [0, 0.1) is 0 Å². The highest BCUT2D eigenvalue weighted by molar-refractivity contribution is 5.98. The topological polar surface area (TPSA) is 143 Å². The molecule has 0 unspecified atom stereocenters. The van der Waals surface area contributed by atoms with E-state index in [1.54, 1.807) is 24.3 Å². The molecule has 1 aromatic carbocycles. The normalized spacial score (nSPS) is 13.0. The lowest BCUT2D eigenvalue weighted by Crippen LogP contribution is -2.43. The van der Waals surface area contributed by atoms with Crippen LogP contribution >= 0.6 is 0 Å². The van der Waals surface area contributed by atoms with Crippen LogP contribution in [0.5, 0.6) is 0 Å². The number of benzene rings is 1. The van der Waals surface area contributed by atoms with Gasteiger partial charge in [-0.1, -0.05) is 20.3 Å². The molecule has 188 valence electrons. The van der Waals surface area contributed by atoms with Crippen molar-refractivity contribution in [2.45, 2.75) is 53.0 Å². The molecule has 0 saturated carbocycles. The Morgan fingerprint density at radius 3 is 2.49 bits per heavy atom. The fourth-order valence-corrected chi connectivity index (χ4v) is 3.78. The minimum absolute atomic E-state index is 0.0909. The van der Waals surface area contributed by atoms with E-state index in [9.17, 15) is 19.2 Å². The molecule has 0 fully saturated rings. The Balaban J connectivity index is 1.75. The quantitative estimate of drug-likeness (QED) is 0.492. The number of hydrogen-bond acceptors (Lipinski definition) is 8. The lowest BCUT2D eigenvalue weighted by Gasteiger charge is -2.24. The molecule has 1 aromatic heterocycles. The number of ether oxygens (including phenoxy) is 1. The van der Waals surface area contributed by atoms with Gasteiger partial charge in [-0.25, -0.2) is 9.59 Å². The Bertz CT molecular complexity index is 1210. The molecule has 0 aliphatic carbocycles. The first-order chi connectivity index (χ1) is 16.8. The van der Waals surface area contributed by atoms with Crippen molar-refractivity contribution in [3.05, 3.63) is 50.7 Å². The zero-order chi connectivity index (χ0) is 25.5. The van der Waals surface area contributed by atoms with Crippen LogP contribution in [0.3, 0.4) is 0 Å². The first kappa shape index (κ1) is 25.7. The third-order valence-corrected chi connectivity index (χ3v) is 5.67. The molecule has 0 atom stereocenters. The number of nitrogens with one attached hydrogen (secondary N) is 1. The second kappa shape index (κ2) is 11.5.